The van der Waals surface area contributed by atoms with Crippen molar-refractivity contribution in [2.45, 2.75) is 34.1 Å². The van der Waals surface area contributed by atoms with E-state index >= 15 is 0 Å². The lowest BCUT2D eigenvalue weighted by Crippen LogP contribution is -2.21. The molecule has 2 heteroatoms. The van der Waals surface area contributed by atoms with E-state index in [1.165, 1.54) is 16.9 Å². The summed E-state index contributed by atoms with van der Waals surface area (Å²) in [6.07, 6.45) is 1.16. The summed E-state index contributed by atoms with van der Waals surface area (Å²) in [6.45, 7) is 11.9. The van der Waals surface area contributed by atoms with E-state index in [0.29, 0.717) is 0 Å². The minimum atomic E-state index is 1.05. The Morgan fingerprint density at radius 1 is 1.12 bits per heavy atom. The lowest BCUT2D eigenvalue weighted by molar-refractivity contribution is 0.865. The zero-order chi connectivity index (χ0) is 12.0. The lowest BCUT2D eigenvalue weighted by Gasteiger charge is -2.22. The Bertz CT molecular complexity index is 317. The van der Waals surface area contributed by atoms with Crippen LogP contribution in [0.4, 0.5) is 11.4 Å². The van der Waals surface area contributed by atoms with Gasteiger partial charge < -0.3 is 10.2 Å². The molecule has 90 valence electrons. The molecule has 1 N–H and O–H groups in total. The van der Waals surface area contributed by atoms with Crippen LogP contribution in [0.15, 0.2) is 18.2 Å². The number of hydrogen-bond donors (Lipinski definition) is 1. The highest BCUT2D eigenvalue weighted by Crippen LogP contribution is 2.22. The smallest absolute Gasteiger partial charge is 0.0371 e. The van der Waals surface area contributed by atoms with Crippen LogP contribution in [0.3, 0.4) is 0 Å². The predicted molar refractivity (Wildman–Crippen MR) is 73.5 cm³/mol. The van der Waals surface area contributed by atoms with Gasteiger partial charge in [-0.05, 0) is 51.0 Å². The first-order chi connectivity index (χ1) is 7.72. The van der Waals surface area contributed by atoms with Crippen LogP contribution in [0.5, 0.6) is 0 Å². The van der Waals surface area contributed by atoms with E-state index in [-0.39, 0.29) is 0 Å². The van der Waals surface area contributed by atoms with Crippen molar-refractivity contribution < 1.29 is 0 Å². The fourth-order valence-corrected chi connectivity index (χ4v) is 1.89. The van der Waals surface area contributed by atoms with E-state index in [4.69, 9.17) is 0 Å². The highest BCUT2D eigenvalue weighted by Gasteiger charge is 2.04. The minimum absolute atomic E-state index is 1.05. The molecule has 0 bridgehead atoms. The van der Waals surface area contributed by atoms with Crippen molar-refractivity contribution in [1.29, 1.82) is 0 Å². The van der Waals surface area contributed by atoms with Gasteiger partial charge in [0.2, 0.25) is 0 Å². The molecule has 0 radical (unpaired) electrons. The molecule has 0 atom stereocenters. The third kappa shape index (κ3) is 3.16. The van der Waals surface area contributed by atoms with E-state index in [9.17, 15) is 0 Å². The summed E-state index contributed by atoms with van der Waals surface area (Å²) in [7, 11) is 0. The SMILES string of the molecule is CCCNc1ccc(N(CC)CC)cc1C. The first kappa shape index (κ1) is 12.9. The molecule has 0 unspecified atom stereocenters. The van der Waals surface area contributed by atoms with E-state index in [1.54, 1.807) is 0 Å². The van der Waals surface area contributed by atoms with Gasteiger partial charge in [-0.1, -0.05) is 6.92 Å². The van der Waals surface area contributed by atoms with Gasteiger partial charge in [0.1, 0.15) is 0 Å². The van der Waals surface area contributed by atoms with E-state index in [0.717, 1.165) is 26.1 Å². The molecule has 2 nitrogen and oxygen atoms in total. The molecule has 0 aliphatic heterocycles. The highest BCUT2D eigenvalue weighted by molar-refractivity contribution is 5.60. The van der Waals surface area contributed by atoms with Crippen LogP contribution >= 0.6 is 0 Å². The van der Waals surface area contributed by atoms with Gasteiger partial charge in [0.25, 0.3) is 0 Å². The second kappa shape index (κ2) is 6.41. The summed E-state index contributed by atoms with van der Waals surface area (Å²) in [5.41, 5.74) is 3.92. The number of nitrogens with one attached hydrogen (secondary N) is 1. The van der Waals surface area contributed by atoms with E-state index in [2.05, 4.69) is 56.1 Å². The number of anilines is 2. The van der Waals surface area contributed by atoms with Crippen molar-refractivity contribution in [3.8, 4) is 0 Å². The molecule has 1 rings (SSSR count). The number of nitrogens with zero attached hydrogens (tertiary/aromatic N) is 1. The number of aryl methyl sites for hydroxylation is 1. The monoisotopic (exact) mass is 220 g/mol. The zero-order valence-corrected chi connectivity index (χ0v) is 11.0. The van der Waals surface area contributed by atoms with Gasteiger partial charge in [-0.25, -0.2) is 0 Å². The molecule has 0 saturated carbocycles. The second-order valence-electron chi connectivity index (χ2n) is 4.10. The molecule has 0 amide bonds. The fourth-order valence-electron chi connectivity index (χ4n) is 1.89. The maximum atomic E-state index is 3.45. The van der Waals surface area contributed by atoms with Crippen molar-refractivity contribution in [3.05, 3.63) is 23.8 Å². The second-order valence-corrected chi connectivity index (χ2v) is 4.10. The van der Waals surface area contributed by atoms with Gasteiger partial charge in [0.05, 0.1) is 0 Å². The summed E-state index contributed by atoms with van der Waals surface area (Å²) in [6, 6.07) is 6.67. The molecule has 1 aromatic carbocycles. The van der Waals surface area contributed by atoms with Gasteiger partial charge in [-0.3, -0.25) is 0 Å². The molecule has 0 saturated heterocycles. The van der Waals surface area contributed by atoms with Crippen LogP contribution in [0.25, 0.3) is 0 Å². The molecule has 0 aromatic heterocycles. The highest BCUT2D eigenvalue weighted by atomic mass is 15.1. The molecule has 0 aliphatic carbocycles. The topological polar surface area (TPSA) is 15.3 Å². The van der Waals surface area contributed by atoms with Crippen molar-refractivity contribution in [2.24, 2.45) is 0 Å². The molecule has 0 heterocycles. The van der Waals surface area contributed by atoms with Crippen LogP contribution in [-0.2, 0) is 0 Å². The van der Waals surface area contributed by atoms with Crippen LogP contribution in [0.2, 0.25) is 0 Å². The maximum Gasteiger partial charge on any atom is 0.0371 e. The molecule has 16 heavy (non-hydrogen) atoms. The zero-order valence-electron chi connectivity index (χ0n) is 11.0. The molecular formula is C14H24N2. The summed E-state index contributed by atoms with van der Waals surface area (Å²) >= 11 is 0. The summed E-state index contributed by atoms with van der Waals surface area (Å²) in [4.78, 5) is 2.37. The van der Waals surface area contributed by atoms with Crippen LogP contribution in [-0.4, -0.2) is 19.6 Å². The Kier molecular flexibility index (Phi) is 5.17. The van der Waals surface area contributed by atoms with Gasteiger partial charge >= 0.3 is 0 Å². The number of rotatable bonds is 6. The van der Waals surface area contributed by atoms with Crippen LogP contribution in [0.1, 0.15) is 32.8 Å². The van der Waals surface area contributed by atoms with Crippen LogP contribution in [0, 0.1) is 6.92 Å². The van der Waals surface area contributed by atoms with Crippen molar-refractivity contribution in [3.63, 3.8) is 0 Å². The molecule has 0 fully saturated rings. The third-order valence-corrected chi connectivity index (χ3v) is 2.90. The maximum absolute atomic E-state index is 3.45. The Balaban J connectivity index is 2.81. The minimum Gasteiger partial charge on any atom is -0.385 e. The lowest BCUT2D eigenvalue weighted by atomic mass is 10.1. The number of benzene rings is 1. The normalized spacial score (nSPS) is 10.2. The van der Waals surface area contributed by atoms with E-state index in [1.807, 2.05) is 0 Å². The molecule has 0 aliphatic rings. The summed E-state index contributed by atoms with van der Waals surface area (Å²) in [5, 5.41) is 3.45. The third-order valence-electron chi connectivity index (χ3n) is 2.90. The first-order valence-electron chi connectivity index (χ1n) is 6.32. The van der Waals surface area contributed by atoms with E-state index < -0.39 is 0 Å². The van der Waals surface area contributed by atoms with Gasteiger partial charge in [0.15, 0.2) is 0 Å². The standard InChI is InChI=1S/C14H24N2/c1-5-10-15-14-9-8-13(11-12(14)4)16(6-2)7-3/h8-9,11,15H,5-7,10H2,1-4H3. The van der Waals surface area contributed by atoms with Gasteiger partial charge in [-0.2, -0.15) is 0 Å². The van der Waals surface area contributed by atoms with Crippen LogP contribution < -0.4 is 10.2 Å². The molecule has 0 spiro atoms. The Morgan fingerprint density at radius 3 is 2.31 bits per heavy atom. The predicted octanol–water partition coefficient (Wildman–Crippen LogP) is 3.66. The number of hydrogen-bond acceptors (Lipinski definition) is 2. The Morgan fingerprint density at radius 2 is 1.81 bits per heavy atom. The molecule has 1 aromatic rings. The van der Waals surface area contributed by atoms with Crippen molar-refractivity contribution in [2.75, 3.05) is 29.9 Å². The quantitative estimate of drug-likeness (QED) is 0.787. The average molecular weight is 220 g/mol. The van der Waals surface area contributed by atoms with Crippen molar-refractivity contribution >= 4 is 11.4 Å². The summed E-state index contributed by atoms with van der Waals surface area (Å²) in [5.74, 6) is 0. The van der Waals surface area contributed by atoms with Crippen molar-refractivity contribution in [1.82, 2.24) is 0 Å². The molecular weight excluding hydrogens is 196 g/mol. The fraction of sp³-hybridized carbons (Fsp3) is 0.571. The Hall–Kier alpha value is -1.18. The first-order valence-corrected chi connectivity index (χ1v) is 6.32. The average Bonchev–Trinajstić information content (AvgIpc) is 2.29. The Labute approximate surface area is 99.7 Å². The largest absolute Gasteiger partial charge is 0.385 e. The van der Waals surface area contributed by atoms with Gasteiger partial charge in [0, 0.05) is 31.0 Å². The van der Waals surface area contributed by atoms with Gasteiger partial charge in [-0.15, -0.1) is 0 Å². The summed E-state index contributed by atoms with van der Waals surface area (Å²) < 4.78 is 0.